The van der Waals surface area contributed by atoms with Crippen LogP contribution >= 0.6 is 22.6 Å². The van der Waals surface area contributed by atoms with Crippen LogP contribution < -0.4 is 4.74 Å². The topological polar surface area (TPSA) is 29.5 Å². The molecule has 3 nitrogen and oxygen atoms in total. The molecule has 0 bridgehead atoms. The van der Waals surface area contributed by atoms with Crippen LogP contribution in [0.25, 0.3) is 5.70 Å². The first-order valence-corrected chi connectivity index (χ1v) is 7.24. The van der Waals surface area contributed by atoms with Crippen molar-refractivity contribution in [2.24, 2.45) is 0 Å². The summed E-state index contributed by atoms with van der Waals surface area (Å²) < 4.78 is 5.42. The number of carbonyl (C=O) groups excluding carboxylic acids is 1. The summed E-state index contributed by atoms with van der Waals surface area (Å²) >= 11 is 2.15. The number of ether oxygens (including phenoxy) is 1. The molecule has 0 saturated heterocycles. The molecule has 0 spiro atoms. The average molecular weight is 457 g/mol. The third-order valence-corrected chi connectivity index (χ3v) is 3.85. The second-order valence-corrected chi connectivity index (χ2v) is 5.72. The average Bonchev–Trinajstić information content (AvgIpc) is 2.44. The molecule has 1 aliphatic rings. The van der Waals surface area contributed by atoms with Gasteiger partial charge >= 0.3 is 0 Å². The number of hydrogen-bond acceptors (Lipinski definition) is 2. The van der Waals surface area contributed by atoms with E-state index in [0.29, 0.717) is 13.0 Å². The van der Waals surface area contributed by atoms with Gasteiger partial charge in [0.15, 0.2) is 0 Å². The number of amides is 1. The van der Waals surface area contributed by atoms with Crippen molar-refractivity contribution >= 4 is 34.2 Å². The summed E-state index contributed by atoms with van der Waals surface area (Å²) in [5, 5.41) is 0. The number of allylic oxidation sites excluding steroid dienone is 1. The van der Waals surface area contributed by atoms with E-state index in [2.05, 4.69) is 35.2 Å². The monoisotopic (exact) mass is 457 g/mol. The predicted molar refractivity (Wildman–Crippen MR) is 84.0 cm³/mol. The first-order valence-electron chi connectivity index (χ1n) is 6.00. The minimum absolute atomic E-state index is 0. The summed E-state index contributed by atoms with van der Waals surface area (Å²) in [4.78, 5) is 13.6. The largest absolute Gasteiger partial charge is 0.490 e. The van der Waals surface area contributed by atoms with E-state index in [1.807, 2.05) is 24.3 Å². The fourth-order valence-corrected chi connectivity index (χ4v) is 2.51. The van der Waals surface area contributed by atoms with Gasteiger partial charge in [-0.1, -0.05) is 41.7 Å². The quantitative estimate of drug-likeness (QED) is 0.301. The van der Waals surface area contributed by atoms with Gasteiger partial charge in [-0.25, -0.2) is 6.08 Å². The van der Waals surface area contributed by atoms with E-state index in [1.165, 1.54) is 0 Å². The molecule has 1 aromatic carbocycles. The van der Waals surface area contributed by atoms with Crippen molar-refractivity contribution in [2.75, 3.05) is 13.7 Å². The maximum Gasteiger partial charge on any atom is 0.235 e. The molecule has 1 amide bonds. The van der Waals surface area contributed by atoms with Crippen molar-refractivity contribution < 1.29 is 42.2 Å². The van der Waals surface area contributed by atoms with Gasteiger partial charge in [-0.05, 0) is 12.1 Å². The molecule has 0 N–H and O–H groups in total. The van der Waals surface area contributed by atoms with Crippen LogP contribution in [-0.2, 0) is 37.5 Å². The second kappa shape index (κ2) is 8.30. The van der Waals surface area contributed by atoms with Gasteiger partial charge < -0.3 is 9.64 Å². The molecule has 1 radical (unpaired) electrons. The smallest absolute Gasteiger partial charge is 0.235 e. The molecule has 2 rings (SSSR count). The van der Waals surface area contributed by atoms with Crippen LogP contribution in [0.3, 0.4) is 0 Å². The standard InChI is InChI=1S/C15H15INO2.Y/c1-3-10-19-12-6-4-11(5-7-12)14-9-8-13(16)15(18)17(14)2;/h3-7,13H,1,8,10H2,2H3;/q-1;. The molecule has 1 aromatic rings. The summed E-state index contributed by atoms with van der Waals surface area (Å²) in [5.41, 5.74) is 1.82. The maximum atomic E-state index is 11.9. The summed E-state index contributed by atoms with van der Waals surface area (Å²) in [6.07, 6.45) is 5.65. The van der Waals surface area contributed by atoms with Crippen LogP contribution in [0.2, 0.25) is 0 Å². The zero-order chi connectivity index (χ0) is 13.8. The van der Waals surface area contributed by atoms with Crippen LogP contribution in [-0.4, -0.2) is 28.4 Å². The minimum atomic E-state index is -0.0125. The Balaban J connectivity index is 0.00000200. The molecule has 0 saturated carbocycles. The van der Waals surface area contributed by atoms with E-state index < -0.39 is 0 Å². The van der Waals surface area contributed by atoms with E-state index in [1.54, 1.807) is 18.0 Å². The SMILES string of the molecule is C=CCOc1ccc(C2=[C-]CC(I)C(=O)N2C)cc1.[Y]. The van der Waals surface area contributed by atoms with E-state index in [-0.39, 0.29) is 42.5 Å². The zero-order valence-electron chi connectivity index (χ0n) is 11.3. The van der Waals surface area contributed by atoms with Gasteiger partial charge in [0.05, 0.1) is 3.92 Å². The number of benzene rings is 1. The summed E-state index contributed by atoms with van der Waals surface area (Å²) in [5.74, 6) is 0.919. The summed E-state index contributed by atoms with van der Waals surface area (Å²) in [7, 11) is 1.79. The Morgan fingerprint density at radius 3 is 2.75 bits per heavy atom. The van der Waals surface area contributed by atoms with E-state index in [4.69, 9.17) is 4.74 Å². The van der Waals surface area contributed by atoms with Crippen LogP contribution in [0.15, 0.2) is 36.9 Å². The minimum Gasteiger partial charge on any atom is -0.490 e. The first kappa shape index (κ1) is 17.9. The van der Waals surface area contributed by atoms with Crippen LogP contribution in [0.4, 0.5) is 0 Å². The van der Waals surface area contributed by atoms with Gasteiger partial charge in [0, 0.05) is 39.8 Å². The molecule has 5 heteroatoms. The molecule has 1 heterocycles. The Morgan fingerprint density at radius 1 is 1.50 bits per heavy atom. The Morgan fingerprint density at radius 2 is 2.15 bits per heavy atom. The number of alkyl halides is 1. The van der Waals surface area contributed by atoms with Crippen molar-refractivity contribution in [3.8, 4) is 5.75 Å². The van der Waals surface area contributed by atoms with Crippen molar-refractivity contribution in [1.29, 1.82) is 0 Å². The molecule has 1 atom stereocenters. The molecular weight excluding hydrogens is 442 g/mol. The Bertz CT molecular complexity index is 513. The Hall–Kier alpha value is -0.196. The van der Waals surface area contributed by atoms with Gasteiger partial charge in [-0.3, -0.25) is 4.79 Å². The van der Waals surface area contributed by atoms with E-state index >= 15 is 0 Å². The van der Waals surface area contributed by atoms with Crippen molar-refractivity contribution in [1.82, 2.24) is 4.90 Å². The second-order valence-electron chi connectivity index (χ2n) is 4.22. The normalized spacial score (nSPS) is 18.1. The van der Waals surface area contributed by atoms with Gasteiger partial charge in [0.2, 0.25) is 5.91 Å². The molecule has 1 aliphatic heterocycles. The van der Waals surface area contributed by atoms with Gasteiger partial charge in [0.25, 0.3) is 0 Å². The molecule has 1 unspecified atom stereocenters. The third kappa shape index (κ3) is 4.15. The molecule has 0 aromatic heterocycles. The van der Waals surface area contributed by atoms with Crippen LogP contribution in [0.5, 0.6) is 5.75 Å². The maximum absolute atomic E-state index is 11.9. The number of carbonyl (C=O) groups is 1. The van der Waals surface area contributed by atoms with Gasteiger partial charge in [-0.2, -0.15) is 5.56 Å². The van der Waals surface area contributed by atoms with Crippen molar-refractivity contribution in [2.45, 2.75) is 10.3 Å². The van der Waals surface area contributed by atoms with Gasteiger partial charge in [-0.15, -0.1) is 17.8 Å². The molecule has 0 fully saturated rings. The summed E-state index contributed by atoms with van der Waals surface area (Å²) in [6.45, 7) is 4.10. The first-order chi connectivity index (χ1) is 9.13. The third-order valence-electron chi connectivity index (χ3n) is 2.88. The Labute approximate surface area is 158 Å². The molecule has 0 aliphatic carbocycles. The number of nitrogens with zero attached hydrogens (tertiary/aromatic N) is 1. The van der Waals surface area contributed by atoms with Crippen LogP contribution in [0, 0.1) is 6.08 Å². The zero-order valence-corrected chi connectivity index (χ0v) is 16.3. The molecule has 20 heavy (non-hydrogen) atoms. The van der Waals surface area contributed by atoms with Crippen molar-refractivity contribution in [3.63, 3.8) is 0 Å². The fourth-order valence-electron chi connectivity index (χ4n) is 1.87. The summed E-state index contributed by atoms with van der Waals surface area (Å²) in [6, 6.07) is 7.67. The van der Waals surface area contributed by atoms with E-state index in [0.717, 1.165) is 17.0 Å². The number of hydrogen-bond donors (Lipinski definition) is 0. The predicted octanol–water partition coefficient (Wildman–Crippen LogP) is 3.06. The Kier molecular flexibility index (Phi) is 7.41. The molecular formula is C15H15INO2Y-. The van der Waals surface area contributed by atoms with Crippen LogP contribution in [0.1, 0.15) is 12.0 Å². The number of rotatable bonds is 4. The molecule has 103 valence electrons. The fraction of sp³-hybridized carbons (Fsp3) is 0.267. The van der Waals surface area contributed by atoms with Crippen molar-refractivity contribution in [3.05, 3.63) is 48.6 Å². The number of halogens is 1. The van der Waals surface area contributed by atoms with E-state index in [9.17, 15) is 4.79 Å². The van der Waals surface area contributed by atoms with Gasteiger partial charge in [0.1, 0.15) is 12.4 Å².